The van der Waals surface area contributed by atoms with Gasteiger partial charge in [0.2, 0.25) is 0 Å². The van der Waals surface area contributed by atoms with E-state index in [1.807, 2.05) is 31.2 Å². The molecule has 0 saturated heterocycles. The number of carbonyl (C=O) groups is 1. The van der Waals surface area contributed by atoms with E-state index in [2.05, 4.69) is 9.97 Å². The molecule has 0 bridgehead atoms. The van der Waals surface area contributed by atoms with Gasteiger partial charge in [0.15, 0.2) is 5.78 Å². The molecular formula is C16H16N2O2S. The molecule has 0 radical (unpaired) electrons. The van der Waals surface area contributed by atoms with Gasteiger partial charge in [0.1, 0.15) is 5.03 Å². The standard InChI is InChI=1S/C16H16N2O2S/c1-10-5-7-11(8-6-10)14(19)9-21-15-12-3-2-4-13(12)17-16(20)18-15/h5-8H,2-4,9H2,1H3,(H,17,18,20). The monoisotopic (exact) mass is 300 g/mol. The number of rotatable bonds is 4. The highest BCUT2D eigenvalue weighted by Gasteiger charge is 2.19. The summed E-state index contributed by atoms with van der Waals surface area (Å²) in [6.45, 7) is 1.99. The fourth-order valence-electron chi connectivity index (χ4n) is 2.51. The second kappa shape index (κ2) is 5.85. The number of aromatic nitrogens is 2. The number of hydrogen-bond acceptors (Lipinski definition) is 4. The number of aryl methyl sites for hydroxylation is 2. The van der Waals surface area contributed by atoms with E-state index >= 15 is 0 Å². The maximum atomic E-state index is 12.2. The Kier molecular flexibility index (Phi) is 3.92. The van der Waals surface area contributed by atoms with Crippen LogP contribution in [0.2, 0.25) is 0 Å². The molecule has 1 aromatic heterocycles. The van der Waals surface area contributed by atoms with E-state index in [1.165, 1.54) is 11.8 Å². The molecule has 1 aliphatic carbocycles. The smallest absolute Gasteiger partial charge is 0.309 e. The van der Waals surface area contributed by atoms with E-state index in [1.54, 1.807) is 0 Å². The maximum absolute atomic E-state index is 12.2. The molecular weight excluding hydrogens is 284 g/mol. The molecule has 3 rings (SSSR count). The van der Waals surface area contributed by atoms with Crippen molar-refractivity contribution >= 4 is 17.5 Å². The molecule has 108 valence electrons. The number of benzene rings is 1. The van der Waals surface area contributed by atoms with Crippen LogP contribution < -0.4 is 5.69 Å². The van der Waals surface area contributed by atoms with Crippen LogP contribution >= 0.6 is 11.8 Å². The molecule has 21 heavy (non-hydrogen) atoms. The maximum Gasteiger partial charge on any atom is 0.346 e. The van der Waals surface area contributed by atoms with Crippen LogP contribution in [0.4, 0.5) is 0 Å². The third-order valence-corrected chi connectivity index (χ3v) is 4.67. The van der Waals surface area contributed by atoms with Crippen LogP contribution in [-0.2, 0) is 12.8 Å². The van der Waals surface area contributed by atoms with Crippen molar-refractivity contribution in [2.75, 3.05) is 5.75 Å². The molecule has 1 aliphatic rings. The topological polar surface area (TPSA) is 62.8 Å². The Morgan fingerprint density at radius 2 is 2.05 bits per heavy atom. The number of thioether (sulfide) groups is 1. The van der Waals surface area contributed by atoms with Crippen molar-refractivity contribution in [3.8, 4) is 0 Å². The number of carbonyl (C=O) groups excluding carboxylic acids is 1. The number of H-pyrrole nitrogens is 1. The van der Waals surface area contributed by atoms with Crippen LogP contribution in [0.25, 0.3) is 0 Å². The van der Waals surface area contributed by atoms with Crippen molar-refractivity contribution in [3.63, 3.8) is 0 Å². The number of nitrogens with zero attached hydrogens (tertiary/aromatic N) is 1. The van der Waals surface area contributed by atoms with E-state index in [0.717, 1.165) is 36.1 Å². The lowest BCUT2D eigenvalue weighted by Crippen LogP contribution is -2.15. The molecule has 0 fully saturated rings. The summed E-state index contributed by atoms with van der Waals surface area (Å²) < 4.78 is 0. The Balaban J connectivity index is 1.75. The molecule has 1 N–H and O–H groups in total. The third-order valence-electron chi connectivity index (χ3n) is 3.65. The van der Waals surface area contributed by atoms with Crippen molar-refractivity contribution in [2.45, 2.75) is 31.2 Å². The summed E-state index contributed by atoms with van der Waals surface area (Å²) in [6.07, 6.45) is 2.86. The lowest BCUT2D eigenvalue weighted by Gasteiger charge is -2.06. The third kappa shape index (κ3) is 3.08. The Labute approximate surface area is 127 Å². The normalized spacial score (nSPS) is 13.2. The van der Waals surface area contributed by atoms with Crippen molar-refractivity contribution < 1.29 is 4.79 Å². The average Bonchev–Trinajstić information content (AvgIpc) is 2.93. The minimum absolute atomic E-state index is 0.0637. The van der Waals surface area contributed by atoms with Crippen molar-refractivity contribution in [1.82, 2.24) is 9.97 Å². The molecule has 0 atom stereocenters. The SMILES string of the molecule is Cc1ccc(C(=O)CSc2nc(=O)[nH]c3c2CCC3)cc1. The van der Waals surface area contributed by atoms with E-state index in [0.29, 0.717) is 16.3 Å². The number of fused-ring (bicyclic) bond motifs is 1. The number of ketones is 1. The van der Waals surface area contributed by atoms with Gasteiger partial charge in [0.05, 0.1) is 5.75 Å². The summed E-state index contributed by atoms with van der Waals surface area (Å²) in [7, 11) is 0. The summed E-state index contributed by atoms with van der Waals surface area (Å²) >= 11 is 1.37. The summed E-state index contributed by atoms with van der Waals surface area (Å²) in [4.78, 5) is 30.5. The van der Waals surface area contributed by atoms with Crippen LogP contribution in [0.5, 0.6) is 0 Å². The second-order valence-corrected chi connectivity index (χ2v) is 6.20. The molecule has 1 aromatic carbocycles. The predicted octanol–water partition coefficient (Wildman–Crippen LogP) is 2.54. The molecule has 1 heterocycles. The Morgan fingerprint density at radius 1 is 1.29 bits per heavy atom. The van der Waals surface area contributed by atoms with Gasteiger partial charge in [0, 0.05) is 16.8 Å². The van der Waals surface area contributed by atoms with Gasteiger partial charge < -0.3 is 4.98 Å². The lowest BCUT2D eigenvalue weighted by molar-refractivity contribution is 0.102. The van der Waals surface area contributed by atoms with Gasteiger partial charge >= 0.3 is 5.69 Å². The molecule has 2 aromatic rings. The summed E-state index contributed by atoms with van der Waals surface area (Å²) in [6, 6.07) is 7.55. The number of aromatic amines is 1. The van der Waals surface area contributed by atoms with Gasteiger partial charge in [-0.2, -0.15) is 4.98 Å². The van der Waals surface area contributed by atoms with Gasteiger partial charge in [-0.15, -0.1) is 0 Å². The quantitative estimate of drug-likeness (QED) is 0.535. The van der Waals surface area contributed by atoms with E-state index in [9.17, 15) is 9.59 Å². The summed E-state index contributed by atoms with van der Waals surface area (Å²) in [5.74, 6) is 0.375. The number of hydrogen-bond donors (Lipinski definition) is 1. The summed E-state index contributed by atoms with van der Waals surface area (Å²) in [5, 5.41) is 0.715. The van der Waals surface area contributed by atoms with Crippen molar-refractivity contribution in [1.29, 1.82) is 0 Å². The first-order chi connectivity index (χ1) is 10.1. The zero-order valence-corrected chi connectivity index (χ0v) is 12.6. The zero-order valence-electron chi connectivity index (χ0n) is 11.8. The minimum atomic E-state index is -0.319. The fourth-order valence-corrected chi connectivity index (χ4v) is 3.49. The Morgan fingerprint density at radius 3 is 2.81 bits per heavy atom. The van der Waals surface area contributed by atoms with Crippen LogP contribution in [-0.4, -0.2) is 21.5 Å². The molecule has 0 unspecified atom stereocenters. The highest BCUT2D eigenvalue weighted by atomic mass is 32.2. The van der Waals surface area contributed by atoms with Gasteiger partial charge in [-0.3, -0.25) is 4.79 Å². The summed E-state index contributed by atoms with van der Waals surface area (Å²) in [5.41, 5.74) is 3.61. The van der Waals surface area contributed by atoms with E-state index in [4.69, 9.17) is 0 Å². The predicted molar refractivity (Wildman–Crippen MR) is 83.1 cm³/mol. The Bertz CT molecular complexity index is 735. The molecule has 0 aliphatic heterocycles. The fraction of sp³-hybridized carbons (Fsp3) is 0.312. The first kappa shape index (κ1) is 14.1. The van der Waals surface area contributed by atoms with Crippen LogP contribution in [0.15, 0.2) is 34.1 Å². The minimum Gasteiger partial charge on any atom is -0.309 e. The first-order valence-electron chi connectivity index (χ1n) is 6.98. The van der Waals surface area contributed by atoms with Gasteiger partial charge in [-0.1, -0.05) is 41.6 Å². The Hall–Kier alpha value is -1.88. The van der Waals surface area contributed by atoms with Crippen molar-refractivity contribution in [2.24, 2.45) is 0 Å². The van der Waals surface area contributed by atoms with Crippen molar-refractivity contribution in [3.05, 3.63) is 57.1 Å². The molecule has 5 heteroatoms. The van der Waals surface area contributed by atoms with E-state index < -0.39 is 0 Å². The van der Waals surface area contributed by atoms with E-state index in [-0.39, 0.29) is 11.5 Å². The first-order valence-corrected chi connectivity index (χ1v) is 7.97. The van der Waals surface area contributed by atoms with Crippen LogP contribution in [0.3, 0.4) is 0 Å². The average molecular weight is 300 g/mol. The zero-order chi connectivity index (χ0) is 14.8. The largest absolute Gasteiger partial charge is 0.346 e. The number of nitrogens with one attached hydrogen (secondary N) is 1. The highest BCUT2D eigenvalue weighted by molar-refractivity contribution is 8.00. The highest BCUT2D eigenvalue weighted by Crippen LogP contribution is 2.28. The van der Waals surface area contributed by atoms with Gasteiger partial charge in [-0.05, 0) is 26.2 Å². The molecule has 0 amide bonds. The van der Waals surface area contributed by atoms with Gasteiger partial charge in [0.25, 0.3) is 0 Å². The molecule has 4 nitrogen and oxygen atoms in total. The number of Topliss-reactive ketones (excluding diaryl/α,β-unsaturated/α-hetero) is 1. The lowest BCUT2D eigenvalue weighted by atomic mass is 10.1. The molecule has 0 spiro atoms. The van der Waals surface area contributed by atoms with Crippen LogP contribution in [0, 0.1) is 6.92 Å². The van der Waals surface area contributed by atoms with Crippen LogP contribution in [0.1, 0.15) is 33.6 Å². The second-order valence-electron chi connectivity index (χ2n) is 5.24. The molecule has 0 saturated carbocycles. The van der Waals surface area contributed by atoms with Gasteiger partial charge in [-0.25, -0.2) is 4.79 Å².